The Morgan fingerprint density at radius 1 is 0.353 bits per heavy atom. The van der Waals surface area contributed by atoms with Gasteiger partial charge < -0.3 is 49.5 Å². The zero-order valence-corrected chi connectivity index (χ0v) is 29.1. The molecule has 1 aliphatic rings. The molecule has 21 heteroatoms. The van der Waals surface area contributed by atoms with Gasteiger partial charge in [0.05, 0.1) is 32.1 Å². The molecule has 51 heavy (non-hydrogen) atoms. The molecule has 0 aromatic carbocycles. The first-order valence-electron chi connectivity index (χ1n) is 13.2. The van der Waals surface area contributed by atoms with Crippen LogP contribution in [-0.2, 0) is 90.5 Å². The van der Waals surface area contributed by atoms with Crippen molar-refractivity contribution in [2.75, 3.05) is 0 Å². The summed E-state index contributed by atoms with van der Waals surface area (Å²) < 4.78 is 0. The van der Waals surface area contributed by atoms with Gasteiger partial charge in [0.1, 0.15) is 58.8 Å². The second-order valence-electron chi connectivity index (χ2n) is 9.04. The molecule has 281 valence electrons. The fourth-order valence-electron chi connectivity index (χ4n) is 1.88. The van der Waals surface area contributed by atoms with Crippen molar-refractivity contribution in [3.8, 4) is 0 Å². The zero-order valence-electron chi connectivity index (χ0n) is 27.7. The van der Waals surface area contributed by atoms with E-state index in [-0.39, 0.29) is 18.6 Å². The van der Waals surface area contributed by atoms with Crippen LogP contribution in [0.25, 0.3) is 0 Å². The van der Waals surface area contributed by atoms with Gasteiger partial charge in [-0.25, -0.2) is 0 Å². The van der Waals surface area contributed by atoms with E-state index in [1.165, 1.54) is 0 Å². The van der Waals surface area contributed by atoms with Gasteiger partial charge in [-0.2, -0.15) is 0 Å². The van der Waals surface area contributed by atoms with Gasteiger partial charge in [-0.05, 0) is 41.0 Å². The van der Waals surface area contributed by atoms with Crippen molar-refractivity contribution < 1.29 is 116 Å². The minimum atomic E-state index is -1.80. The average Bonchev–Trinajstić information content (AvgIpc) is 3.53. The maximum absolute atomic E-state index is 10.1. The molecule has 0 spiro atoms. The first-order valence-corrected chi connectivity index (χ1v) is 13.2. The number of rotatable bonds is 15. The molecule has 0 amide bonds. The number of Topliss-reactive ketones (excluding diaryl/α,β-unsaturated/α-hetero) is 10. The third-order valence-corrected chi connectivity index (χ3v) is 3.84. The van der Waals surface area contributed by atoms with Gasteiger partial charge in [0.15, 0.2) is 28.9 Å². The van der Waals surface area contributed by atoms with Crippen molar-refractivity contribution in [3.05, 3.63) is 24.3 Å². The number of aliphatic carboxylic acids is 5. The fourth-order valence-corrected chi connectivity index (χ4v) is 1.88. The quantitative estimate of drug-likeness (QED) is 0.110. The normalized spacial score (nSPS) is 9.27. The van der Waals surface area contributed by atoms with Gasteiger partial charge in [-0.1, -0.05) is 24.3 Å². The van der Waals surface area contributed by atoms with Crippen LogP contribution in [-0.4, -0.2) is 87.7 Å². The molecule has 1 radical (unpaired) electrons. The number of carbonyl (C=O) groups excluding carboxylic acids is 15. The summed E-state index contributed by atoms with van der Waals surface area (Å²) in [7, 11) is 0. The smallest absolute Gasteiger partial charge is 0.185 e. The Morgan fingerprint density at radius 3 is 0.529 bits per heavy atom. The van der Waals surface area contributed by atoms with Gasteiger partial charge in [-0.15, -0.1) is 0 Å². The summed E-state index contributed by atoms with van der Waals surface area (Å²) in [5, 5.41) is 48.1. The first-order chi connectivity index (χ1) is 22.7. The van der Waals surface area contributed by atoms with Crippen LogP contribution in [0.5, 0.6) is 0 Å². The predicted molar refractivity (Wildman–Crippen MR) is 149 cm³/mol. The van der Waals surface area contributed by atoms with Crippen LogP contribution in [0, 0.1) is 0 Å². The van der Waals surface area contributed by atoms with E-state index in [0.717, 1.165) is 41.0 Å². The SMILES string of the molecule is C1=CCC=C1.CC(=O)CC(=O)C(=O)[O-].CC(=O)CC(=O)C(=O)[O-].CC(=O)CC(=O)C(=O)[O-].CC(=O)CC(=O)C(=O)[O-].CC(=O)CC(=O)C(=O)[O-].[V]. The predicted octanol–water partition coefficient (Wildman–Crippen LogP) is -7.08. The number of carboxylic acids is 5. The monoisotopic (exact) mass is 762 g/mol. The van der Waals surface area contributed by atoms with Gasteiger partial charge >= 0.3 is 0 Å². The summed E-state index contributed by atoms with van der Waals surface area (Å²) in [6.07, 6.45) is 6.66. The largest absolute Gasteiger partial charge is 0.542 e. The molecule has 0 saturated heterocycles. The molecular formula is C30H31O20V-5. The number of hydrogen-bond acceptors (Lipinski definition) is 20. The van der Waals surface area contributed by atoms with E-state index in [1.807, 2.05) is 0 Å². The summed E-state index contributed by atoms with van der Waals surface area (Å²) in [5.41, 5.74) is 0. The molecule has 0 aliphatic heterocycles. The molecule has 0 unspecified atom stereocenters. The fraction of sp³-hybridized carbons (Fsp3) is 0.367. The van der Waals surface area contributed by atoms with Gasteiger partial charge in [0.2, 0.25) is 0 Å². The standard InChI is InChI=1S/5C5H6O4.C5H6.V/c5*1-3(6)2-4(7)5(8)9;1-2-4-5-3-1;/h5*2H2,1H3,(H,8,9);1-4H,5H2;/p-5. The zero-order chi connectivity index (χ0) is 40.7. The van der Waals surface area contributed by atoms with Crippen LogP contribution in [0.3, 0.4) is 0 Å². The van der Waals surface area contributed by atoms with Crippen LogP contribution in [0.2, 0.25) is 0 Å². The average molecular weight is 763 g/mol. The minimum Gasteiger partial charge on any atom is -0.542 e. The van der Waals surface area contributed by atoms with E-state index in [9.17, 15) is 97.5 Å². The third-order valence-electron chi connectivity index (χ3n) is 3.84. The number of allylic oxidation sites excluding steroid dienone is 4. The molecule has 1 rings (SSSR count). The molecule has 0 fully saturated rings. The van der Waals surface area contributed by atoms with Gasteiger partial charge in [0.25, 0.3) is 0 Å². The summed E-state index contributed by atoms with van der Waals surface area (Å²) in [6, 6.07) is 0. The third kappa shape index (κ3) is 51.1. The summed E-state index contributed by atoms with van der Waals surface area (Å²) in [5.74, 6) is -17.2. The Kier molecular flexibility index (Phi) is 38.3. The Labute approximate surface area is 300 Å². The van der Waals surface area contributed by atoms with Crippen LogP contribution in [0.1, 0.15) is 73.1 Å². The van der Waals surface area contributed by atoms with Crippen LogP contribution in [0.4, 0.5) is 0 Å². The maximum Gasteiger partial charge on any atom is 0.185 e. The molecule has 0 aromatic heterocycles. The van der Waals surface area contributed by atoms with Crippen molar-refractivity contribution in [3.63, 3.8) is 0 Å². The molecular weight excluding hydrogens is 731 g/mol. The molecule has 0 aromatic rings. The van der Waals surface area contributed by atoms with E-state index in [1.54, 1.807) is 0 Å². The Morgan fingerprint density at radius 2 is 0.490 bits per heavy atom. The van der Waals surface area contributed by atoms with E-state index < -0.39 is 120 Å². The van der Waals surface area contributed by atoms with Crippen molar-refractivity contribution in [1.29, 1.82) is 0 Å². The molecule has 0 N–H and O–H groups in total. The topological polar surface area (TPSA) is 371 Å². The summed E-state index contributed by atoms with van der Waals surface area (Å²) in [6.45, 7) is 5.70. The van der Waals surface area contributed by atoms with Crippen LogP contribution < -0.4 is 25.5 Å². The van der Waals surface area contributed by atoms with Gasteiger partial charge in [-0.3, -0.25) is 47.9 Å². The summed E-state index contributed by atoms with van der Waals surface area (Å²) >= 11 is 0. The number of hydrogen-bond donors (Lipinski definition) is 0. The molecule has 0 saturated carbocycles. The molecule has 0 heterocycles. The van der Waals surface area contributed by atoms with Crippen LogP contribution >= 0.6 is 0 Å². The van der Waals surface area contributed by atoms with Crippen molar-refractivity contribution in [2.24, 2.45) is 0 Å². The second kappa shape index (κ2) is 34.0. The van der Waals surface area contributed by atoms with E-state index in [2.05, 4.69) is 24.3 Å². The Hall–Kier alpha value is -5.89. The number of carbonyl (C=O) groups is 15. The van der Waals surface area contributed by atoms with Crippen molar-refractivity contribution >= 4 is 87.7 Å². The molecule has 20 nitrogen and oxygen atoms in total. The second-order valence-corrected chi connectivity index (χ2v) is 9.04. The maximum atomic E-state index is 10.1. The molecule has 0 atom stereocenters. The van der Waals surface area contributed by atoms with E-state index in [0.29, 0.717) is 0 Å². The number of ketones is 10. The Balaban J connectivity index is -0.000000119. The number of carboxylic acid groups (broad SMARTS) is 5. The van der Waals surface area contributed by atoms with E-state index in [4.69, 9.17) is 0 Å². The van der Waals surface area contributed by atoms with Crippen LogP contribution in [0.15, 0.2) is 24.3 Å². The van der Waals surface area contributed by atoms with Gasteiger partial charge in [0, 0.05) is 18.6 Å². The first kappa shape index (κ1) is 57.4. The van der Waals surface area contributed by atoms with E-state index >= 15 is 0 Å². The summed E-state index contributed by atoms with van der Waals surface area (Å²) in [4.78, 5) is 149. The van der Waals surface area contributed by atoms with Crippen molar-refractivity contribution in [2.45, 2.75) is 73.1 Å². The minimum absolute atomic E-state index is 0. The Bertz CT molecular complexity index is 1180. The van der Waals surface area contributed by atoms with Crippen molar-refractivity contribution in [1.82, 2.24) is 0 Å². The molecule has 1 aliphatic carbocycles. The molecule has 0 bridgehead atoms.